The fourth-order valence-electron chi connectivity index (χ4n) is 17.0. The third-order valence-electron chi connectivity index (χ3n) is 24.1. The molecule has 0 aliphatic carbocycles. The van der Waals surface area contributed by atoms with E-state index in [-0.39, 0.29) is 112 Å². The van der Waals surface area contributed by atoms with Crippen LogP contribution >= 0.6 is 47.0 Å². The Morgan fingerprint density at radius 3 is 0.814 bits per heavy atom. The maximum Gasteiger partial charge on any atom is 0.351 e. The molecule has 7 unspecified atom stereocenters. The SMILES string of the molecule is CC[C@H]1O[C@@H](n2cc(C)c(=O)[nH]c2=O)C[C@H]1OP(O)(=S)OC[C@H]1O[C@@H](n2cnc3c(N)ncnc32)C[C@H]1OP(O)(=S)OC[C@H]1O[C@@H](n2cnc3c(N)ncnc32)C[C@H]1OP(O)(=S)OC[C@H]1O[C@@H](n2cc(C)c(=O)[nH]c2=O)C[C@H]1OP(O)(=S)OC[C@H]1O[C@@H](n2cc(C)c(N)nc2=O)C[C@H]1OP(O)(=S)OC[C@H]1O[C@@H](n2cc(C)c(=O)[nH]c2=O)C[C@H]1OP(O)(=S)OC[C@H]1O[C@@H](n2cnc3c(N)ncnc32)C[C@H]1OP(O)(=S)OC. The van der Waals surface area contributed by atoms with Gasteiger partial charge in [0.25, 0.3) is 16.7 Å². The van der Waals surface area contributed by atoms with Crippen molar-refractivity contribution >= 4 is 186 Å². The molecule has 7 saturated heterocycles. The van der Waals surface area contributed by atoms with E-state index in [1.165, 1.54) is 102 Å². The normalized spacial score (nSPS) is 29.6. The Hall–Kier alpha value is -6.80. The zero-order valence-electron chi connectivity index (χ0n) is 76.3. The molecular formula is C72H95N24O35P7S7. The highest BCUT2D eigenvalue weighted by Gasteiger charge is 2.52. The van der Waals surface area contributed by atoms with E-state index in [0.29, 0.717) is 12.0 Å². The van der Waals surface area contributed by atoms with E-state index < -0.39 is 262 Å². The third kappa shape index (κ3) is 25.4. The van der Waals surface area contributed by atoms with Gasteiger partial charge in [-0.1, -0.05) is 6.92 Å². The smallest absolute Gasteiger partial charge is 0.351 e. The number of nitrogens with two attached hydrogens (primary N) is 4. The average molecular weight is 2300 g/mol. The average Bonchev–Trinajstić information content (AvgIpc) is 1.63. The Kier molecular flexibility index (Phi) is 33.3. The van der Waals surface area contributed by atoms with Crippen molar-refractivity contribution < 1.29 is 131 Å². The standard InChI is InChI=1S/C72H95N24O35P7S7/c1-7-35-36(8-49(118-35)91-16-32(3)66(97)87-70(91)101)126-133(105,140)112-23-47-41(13-54(123-47)95-29-84-57-61(75)78-26-81-64(57)95)131-138(110,145)117-24-48-42(14-55(124-48)96-30-85-58-62(76)79-27-82-65(58)96)130-137(109,144)116-22-46-40(11-52(121-46)93-18-34(5)68(99)89-72(93)103)129-136(108,143)114-20-44-38(9-50(119-44)90-15-31(2)59(73)86-69(90)100)127-135(107,142)115-21-45-39(10-51(120-45)92-17-33(4)67(98)88-71(92)102)128-134(106,141)113-19-43-37(125-132(104,139)111-6)12-53(122-43)94-28-83-56-60(74)77-25-80-63(56)94/h15-18,25-30,35-55H,7-14,19-24H2,1-6H3,(H,104,139)(H,105,140)(H,106,141)(H,107,142)(H,108,143)(H,109,144)(H,110,145)(H2,73,86,100)(H2,74,77,80)(H2,75,78,81)(H2,76,79,82)(H,87,97,101)(H,88,98,102)(H,89,99,103)/t35-,36-,37-,38-,39-,40-,41-,42-,43-,44-,45-,46-,47-,48-,49-,50-,51-,52-,53-,54-,55-,132?,133?,134?,135?,136?,137?,138?/m1/s1. The summed E-state index contributed by atoms with van der Waals surface area (Å²) in [5.74, 6) is -0.0160. The molecule has 18 N–H and O–H groups in total. The highest BCUT2D eigenvalue weighted by molar-refractivity contribution is 8.09. The van der Waals surface area contributed by atoms with E-state index >= 15 is 0 Å². The lowest BCUT2D eigenvalue weighted by Crippen LogP contribution is -2.33. The van der Waals surface area contributed by atoms with Gasteiger partial charge in [0.15, 0.2) is 34.4 Å². The second kappa shape index (κ2) is 44.1. The van der Waals surface area contributed by atoms with Gasteiger partial charge in [-0.05, 0) is 117 Å². The van der Waals surface area contributed by atoms with Crippen LogP contribution in [0.25, 0.3) is 33.5 Å². The molecule has 7 fully saturated rings. The van der Waals surface area contributed by atoms with Crippen LogP contribution in [-0.2, 0) is 179 Å². The number of fused-ring (bicyclic) bond motifs is 3. The Morgan fingerprint density at radius 2 is 0.559 bits per heavy atom. The summed E-state index contributed by atoms with van der Waals surface area (Å²) in [6.45, 7) is -28.1. The third-order valence-corrected chi connectivity index (χ3v) is 35.4. The first kappa shape index (κ1) is 109. The van der Waals surface area contributed by atoms with Gasteiger partial charge in [0.1, 0.15) is 122 Å². The Morgan fingerprint density at radius 1 is 0.331 bits per heavy atom. The first-order chi connectivity index (χ1) is 68.4. The number of anilines is 4. The van der Waals surface area contributed by atoms with E-state index in [1.807, 2.05) is 0 Å². The zero-order chi connectivity index (χ0) is 104. The highest BCUT2D eigenvalue weighted by atomic mass is 32.5. The minimum absolute atomic E-state index is 0.000337. The quantitative estimate of drug-likeness (QED) is 0.0241. The van der Waals surface area contributed by atoms with Gasteiger partial charge in [-0.2, -0.15) is 4.98 Å². The lowest BCUT2D eigenvalue weighted by atomic mass is 10.1. The summed E-state index contributed by atoms with van der Waals surface area (Å²) in [6.07, 6.45) is -14.6. The van der Waals surface area contributed by atoms with Gasteiger partial charge < -0.3 is 154 Å². The number of ether oxygens (including phenoxy) is 7. The number of nitrogens with zero attached hydrogens (tertiary/aromatic N) is 17. The van der Waals surface area contributed by atoms with Gasteiger partial charge in [-0.15, -0.1) is 0 Å². The van der Waals surface area contributed by atoms with Crippen molar-refractivity contribution in [2.24, 2.45) is 0 Å². The number of imidazole rings is 3. The van der Waals surface area contributed by atoms with E-state index in [9.17, 15) is 67.8 Å². The molecule has 0 radical (unpaired) electrons. The zero-order valence-corrected chi connectivity index (χ0v) is 88.2. The number of nitrogen functional groups attached to an aromatic ring is 4. The summed E-state index contributed by atoms with van der Waals surface area (Å²) in [4.78, 5) is 223. The minimum Gasteiger partial charge on any atom is -0.383 e. The van der Waals surface area contributed by atoms with Crippen LogP contribution in [0, 0.1) is 27.7 Å². The molecule has 59 nitrogen and oxygen atoms in total. The fourth-order valence-corrected chi connectivity index (χ4v) is 26.8. The van der Waals surface area contributed by atoms with Gasteiger partial charge in [-0.3, -0.25) is 61.3 Å². The van der Waals surface area contributed by atoms with E-state index in [1.54, 1.807) is 13.8 Å². The van der Waals surface area contributed by atoms with Crippen molar-refractivity contribution in [2.45, 2.75) is 215 Å². The molecule has 73 heteroatoms. The Labute approximate surface area is 851 Å². The molecular weight excluding hydrogens is 2200 g/mol. The molecule has 0 amide bonds. The Balaban J connectivity index is 0.579. The van der Waals surface area contributed by atoms with Crippen LogP contribution in [0.2, 0.25) is 0 Å². The predicted molar refractivity (Wildman–Crippen MR) is 527 cm³/mol. The number of hydrogen-bond acceptors (Lipinski definition) is 49. The molecule has 145 heavy (non-hydrogen) atoms. The monoisotopic (exact) mass is 2300 g/mol. The van der Waals surface area contributed by atoms with E-state index in [2.05, 4.69) is 64.8 Å². The van der Waals surface area contributed by atoms with Crippen LogP contribution in [0.3, 0.4) is 0 Å². The van der Waals surface area contributed by atoms with Crippen LogP contribution in [0.4, 0.5) is 23.3 Å². The van der Waals surface area contributed by atoms with Crippen LogP contribution in [-0.4, -0.2) is 263 Å². The summed E-state index contributed by atoms with van der Waals surface area (Å²) < 4.78 is 137. The van der Waals surface area contributed by atoms with Crippen molar-refractivity contribution in [3.05, 3.63) is 158 Å². The number of aromatic nitrogens is 20. The lowest BCUT2D eigenvalue weighted by molar-refractivity contribution is -0.0577. The first-order valence-corrected chi connectivity index (χ1v) is 61.8. The maximum absolute atomic E-state index is 13.6. The molecule has 7 aliphatic rings. The van der Waals surface area contributed by atoms with Gasteiger partial charge in [-0.25, -0.2) is 64.0 Å². The minimum atomic E-state index is -4.76. The molecule has 28 atom stereocenters. The molecule has 10 aromatic rings. The molecule has 10 aromatic heterocycles. The van der Waals surface area contributed by atoms with Gasteiger partial charge in [0.05, 0.1) is 107 Å². The van der Waals surface area contributed by atoms with Gasteiger partial charge in [0, 0.05) is 99.1 Å². The van der Waals surface area contributed by atoms with E-state index in [0.717, 1.165) is 20.8 Å². The summed E-state index contributed by atoms with van der Waals surface area (Å²) in [5.41, 5.74) is 20.8. The molecule has 17 rings (SSSR count). The second-order valence-corrected chi connectivity index (χ2v) is 53.5. The first-order valence-electron chi connectivity index (χ1n) is 43.6. The number of aryl methyl sites for hydroxylation is 4. The summed E-state index contributed by atoms with van der Waals surface area (Å²) in [6, 6.07) is 0. The van der Waals surface area contributed by atoms with Crippen LogP contribution in [0.15, 0.2) is 96.3 Å². The molecule has 17 heterocycles. The molecule has 0 spiro atoms. The van der Waals surface area contributed by atoms with Crippen molar-refractivity contribution in [1.29, 1.82) is 0 Å². The molecule has 0 saturated carbocycles. The summed E-state index contributed by atoms with van der Waals surface area (Å²) in [7, 11) is 1.14. The largest absolute Gasteiger partial charge is 0.383 e. The maximum atomic E-state index is 13.6. The highest BCUT2D eigenvalue weighted by Crippen LogP contribution is 2.59. The van der Waals surface area contributed by atoms with Crippen LogP contribution in [0.1, 0.15) is 124 Å². The van der Waals surface area contributed by atoms with Crippen molar-refractivity contribution in [1.82, 2.24) is 96.8 Å². The Bertz CT molecular complexity index is 7400. The van der Waals surface area contributed by atoms with Crippen molar-refractivity contribution in [3.63, 3.8) is 0 Å². The molecule has 0 bridgehead atoms. The van der Waals surface area contributed by atoms with Crippen molar-refractivity contribution in [3.8, 4) is 0 Å². The van der Waals surface area contributed by atoms with Gasteiger partial charge >= 0.3 is 69.8 Å². The van der Waals surface area contributed by atoms with Crippen molar-refractivity contribution in [2.75, 3.05) is 69.7 Å². The number of hydrogen-bond donors (Lipinski definition) is 14. The summed E-state index contributed by atoms with van der Waals surface area (Å²) in [5, 5.41) is 0. The second-order valence-electron chi connectivity index (χ2n) is 33.9. The fraction of sp³-hybridized carbons (Fsp3) is 0.569. The number of aromatic amines is 3. The number of nitrogens with one attached hydrogen (secondary N) is 3. The number of H-pyrrole nitrogens is 3. The van der Waals surface area contributed by atoms with Gasteiger partial charge in [0.2, 0.25) is 0 Å². The molecule has 790 valence electrons. The predicted octanol–water partition coefficient (Wildman–Crippen LogP) is 1.36. The van der Waals surface area contributed by atoms with Crippen LogP contribution < -0.4 is 62.4 Å². The molecule has 0 aromatic carbocycles. The molecule has 7 aliphatic heterocycles. The topological polar surface area (TPSA) is 770 Å². The number of rotatable bonds is 41. The van der Waals surface area contributed by atoms with E-state index in [4.69, 9.17) is 202 Å². The summed E-state index contributed by atoms with van der Waals surface area (Å²) >= 11 is 39.1. The van der Waals surface area contributed by atoms with Crippen LogP contribution in [0.5, 0.6) is 0 Å². The lowest BCUT2D eigenvalue weighted by Gasteiger charge is -2.29.